The molecule has 6 heteroatoms. The first-order valence-electron chi connectivity index (χ1n) is 8.82. The maximum atomic E-state index is 13.6. The van der Waals surface area contributed by atoms with Crippen LogP contribution in [0.4, 0.5) is 10.1 Å². The van der Waals surface area contributed by atoms with Crippen LogP contribution < -0.4 is 15.0 Å². The molecule has 1 heterocycles. The Morgan fingerprint density at radius 3 is 2.50 bits per heavy atom. The standard InChI is InChI=1S/C20H24FN3O2/c1-26-19-9-5-4-8-18(19)24-14-12-23(13-15-24)11-10-22-20(25)16-6-2-3-7-17(16)21/h2-9H,10-15H2,1H3,(H,22,25). The van der Waals surface area contributed by atoms with Crippen molar-refractivity contribution in [2.45, 2.75) is 0 Å². The molecule has 0 spiro atoms. The maximum absolute atomic E-state index is 13.6. The summed E-state index contributed by atoms with van der Waals surface area (Å²) in [7, 11) is 1.69. The zero-order chi connectivity index (χ0) is 18.4. The van der Waals surface area contributed by atoms with Crippen LogP contribution in [0.3, 0.4) is 0 Å². The first-order chi connectivity index (χ1) is 12.7. The Morgan fingerprint density at radius 1 is 1.08 bits per heavy atom. The predicted molar refractivity (Wildman–Crippen MR) is 100 cm³/mol. The van der Waals surface area contributed by atoms with Crippen molar-refractivity contribution in [2.75, 3.05) is 51.3 Å². The molecule has 0 saturated carbocycles. The van der Waals surface area contributed by atoms with Crippen LogP contribution in [0.2, 0.25) is 0 Å². The number of carbonyl (C=O) groups is 1. The van der Waals surface area contributed by atoms with Gasteiger partial charge in [0, 0.05) is 39.3 Å². The molecule has 5 nitrogen and oxygen atoms in total. The van der Waals surface area contributed by atoms with E-state index in [1.54, 1.807) is 19.2 Å². The predicted octanol–water partition coefficient (Wildman–Crippen LogP) is 2.39. The van der Waals surface area contributed by atoms with E-state index in [9.17, 15) is 9.18 Å². The minimum Gasteiger partial charge on any atom is -0.495 e. The van der Waals surface area contributed by atoms with Gasteiger partial charge in [0.2, 0.25) is 0 Å². The van der Waals surface area contributed by atoms with Crippen LogP contribution in [-0.4, -0.2) is 57.2 Å². The summed E-state index contributed by atoms with van der Waals surface area (Å²) in [6.07, 6.45) is 0. The van der Waals surface area contributed by atoms with Crippen molar-refractivity contribution >= 4 is 11.6 Å². The van der Waals surface area contributed by atoms with Gasteiger partial charge in [0.25, 0.3) is 5.91 Å². The number of nitrogens with zero attached hydrogens (tertiary/aromatic N) is 2. The van der Waals surface area contributed by atoms with Gasteiger partial charge in [0.15, 0.2) is 0 Å². The number of rotatable bonds is 6. The highest BCUT2D eigenvalue weighted by Gasteiger charge is 2.19. The van der Waals surface area contributed by atoms with Crippen molar-refractivity contribution in [3.8, 4) is 5.75 Å². The second-order valence-electron chi connectivity index (χ2n) is 6.24. The molecule has 0 unspecified atom stereocenters. The highest BCUT2D eigenvalue weighted by atomic mass is 19.1. The molecule has 1 amide bonds. The fourth-order valence-corrected chi connectivity index (χ4v) is 3.17. The van der Waals surface area contributed by atoms with Crippen LogP contribution in [0.15, 0.2) is 48.5 Å². The van der Waals surface area contributed by atoms with E-state index in [0.717, 1.165) is 44.2 Å². The third-order valence-electron chi connectivity index (χ3n) is 4.63. The smallest absolute Gasteiger partial charge is 0.254 e. The number of ether oxygens (including phenoxy) is 1. The van der Waals surface area contributed by atoms with Crippen LogP contribution in [0, 0.1) is 5.82 Å². The summed E-state index contributed by atoms with van der Waals surface area (Å²) >= 11 is 0. The summed E-state index contributed by atoms with van der Waals surface area (Å²) in [5.41, 5.74) is 1.20. The number of nitrogens with one attached hydrogen (secondary N) is 1. The molecule has 1 aliphatic heterocycles. The lowest BCUT2D eigenvalue weighted by atomic mass is 10.2. The fraction of sp³-hybridized carbons (Fsp3) is 0.350. The van der Waals surface area contributed by atoms with E-state index >= 15 is 0 Å². The summed E-state index contributed by atoms with van der Waals surface area (Å²) in [4.78, 5) is 16.6. The summed E-state index contributed by atoms with van der Waals surface area (Å²) in [6.45, 7) is 4.88. The Balaban J connectivity index is 1.45. The molecule has 3 rings (SSSR count). The first kappa shape index (κ1) is 18.2. The molecule has 2 aromatic carbocycles. The SMILES string of the molecule is COc1ccccc1N1CCN(CCNC(=O)c2ccccc2F)CC1. The normalized spacial score (nSPS) is 14.9. The molecule has 0 aromatic heterocycles. The number of piperazine rings is 1. The van der Waals surface area contributed by atoms with Gasteiger partial charge >= 0.3 is 0 Å². The molecule has 0 bridgehead atoms. The van der Waals surface area contributed by atoms with Gasteiger partial charge in [0.05, 0.1) is 18.4 Å². The number of amides is 1. The van der Waals surface area contributed by atoms with Crippen LogP contribution >= 0.6 is 0 Å². The summed E-state index contributed by atoms with van der Waals surface area (Å²) in [6, 6.07) is 14.1. The van der Waals surface area contributed by atoms with Gasteiger partial charge in [-0.2, -0.15) is 0 Å². The minimum atomic E-state index is -0.490. The number of hydrogen-bond donors (Lipinski definition) is 1. The zero-order valence-corrected chi connectivity index (χ0v) is 15.0. The lowest BCUT2D eigenvalue weighted by Crippen LogP contribution is -2.48. The molecule has 138 valence electrons. The highest BCUT2D eigenvalue weighted by molar-refractivity contribution is 5.94. The Bertz CT molecular complexity index is 745. The monoisotopic (exact) mass is 357 g/mol. The molecule has 26 heavy (non-hydrogen) atoms. The number of methoxy groups -OCH3 is 1. The largest absolute Gasteiger partial charge is 0.495 e. The van der Waals surface area contributed by atoms with Gasteiger partial charge in [-0.05, 0) is 24.3 Å². The molecule has 0 aliphatic carbocycles. The highest BCUT2D eigenvalue weighted by Crippen LogP contribution is 2.28. The van der Waals surface area contributed by atoms with Crippen molar-refractivity contribution in [1.29, 1.82) is 0 Å². The Labute approximate surface area is 153 Å². The molecule has 2 aromatic rings. The van der Waals surface area contributed by atoms with E-state index in [1.165, 1.54) is 12.1 Å². The van der Waals surface area contributed by atoms with E-state index in [4.69, 9.17) is 4.74 Å². The summed E-state index contributed by atoms with van der Waals surface area (Å²) in [5, 5.41) is 2.79. The van der Waals surface area contributed by atoms with Gasteiger partial charge in [-0.25, -0.2) is 4.39 Å². The molecule has 1 aliphatic rings. The van der Waals surface area contributed by atoms with Crippen LogP contribution in [0.25, 0.3) is 0 Å². The van der Waals surface area contributed by atoms with E-state index in [2.05, 4.69) is 21.2 Å². The van der Waals surface area contributed by atoms with Crippen molar-refractivity contribution < 1.29 is 13.9 Å². The summed E-state index contributed by atoms with van der Waals surface area (Å²) < 4.78 is 19.0. The van der Waals surface area contributed by atoms with Gasteiger partial charge < -0.3 is 15.0 Å². The lowest BCUT2D eigenvalue weighted by molar-refractivity contribution is 0.0943. The second kappa shape index (κ2) is 8.67. The molecular formula is C20H24FN3O2. The molecule has 0 atom stereocenters. The van der Waals surface area contributed by atoms with Gasteiger partial charge in [0.1, 0.15) is 11.6 Å². The van der Waals surface area contributed by atoms with Gasteiger partial charge in [-0.3, -0.25) is 9.69 Å². The maximum Gasteiger partial charge on any atom is 0.254 e. The van der Waals surface area contributed by atoms with Crippen molar-refractivity contribution in [3.05, 3.63) is 59.9 Å². The van der Waals surface area contributed by atoms with E-state index in [0.29, 0.717) is 6.54 Å². The Hall–Kier alpha value is -2.60. The second-order valence-corrected chi connectivity index (χ2v) is 6.24. The zero-order valence-electron chi connectivity index (χ0n) is 15.0. The fourth-order valence-electron chi connectivity index (χ4n) is 3.17. The molecule has 1 saturated heterocycles. The number of hydrogen-bond acceptors (Lipinski definition) is 4. The third kappa shape index (κ3) is 4.32. The Kier molecular flexibility index (Phi) is 6.07. The van der Waals surface area contributed by atoms with E-state index < -0.39 is 5.82 Å². The minimum absolute atomic E-state index is 0.0912. The first-order valence-corrected chi connectivity index (χ1v) is 8.82. The number of benzene rings is 2. The average Bonchev–Trinajstić information content (AvgIpc) is 2.69. The van der Waals surface area contributed by atoms with Crippen LogP contribution in [-0.2, 0) is 0 Å². The number of para-hydroxylation sites is 2. The molecular weight excluding hydrogens is 333 g/mol. The van der Waals surface area contributed by atoms with Gasteiger partial charge in [-0.15, -0.1) is 0 Å². The van der Waals surface area contributed by atoms with Crippen molar-refractivity contribution in [2.24, 2.45) is 0 Å². The summed E-state index contributed by atoms with van der Waals surface area (Å²) in [5.74, 6) is 0.0317. The topological polar surface area (TPSA) is 44.8 Å². The average molecular weight is 357 g/mol. The van der Waals surface area contributed by atoms with Gasteiger partial charge in [-0.1, -0.05) is 24.3 Å². The number of halogens is 1. The molecule has 1 N–H and O–H groups in total. The van der Waals surface area contributed by atoms with Crippen LogP contribution in [0.1, 0.15) is 10.4 Å². The third-order valence-corrected chi connectivity index (χ3v) is 4.63. The van der Waals surface area contributed by atoms with Crippen molar-refractivity contribution in [1.82, 2.24) is 10.2 Å². The van der Waals surface area contributed by atoms with Crippen molar-refractivity contribution in [3.63, 3.8) is 0 Å². The molecule has 1 fully saturated rings. The van der Waals surface area contributed by atoms with E-state index in [-0.39, 0.29) is 11.5 Å². The quantitative estimate of drug-likeness (QED) is 0.862. The number of carbonyl (C=O) groups excluding carboxylic acids is 1. The number of anilines is 1. The Morgan fingerprint density at radius 2 is 1.77 bits per heavy atom. The molecule has 0 radical (unpaired) electrons. The lowest BCUT2D eigenvalue weighted by Gasteiger charge is -2.36. The van der Waals surface area contributed by atoms with Crippen LogP contribution in [0.5, 0.6) is 5.75 Å². The van der Waals surface area contributed by atoms with E-state index in [1.807, 2.05) is 18.2 Å².